The summed E-state index contributed by atoms with van der Waals surface area (Å²) in [6.07, 6.45) is 0.818. The first kappa shape index (κ1) is 4.37. The third-order valence-electron chi connectivity index (χ3n) is 1.03. The normalized spacial score (nSPS) is 20.0. The number of hydrogen-bond acceptors (Lipinski definition) is 1. The Morgan fingerprint density at radius 2 is 2.43 bits per heavy atom. The SMILES string of the molecule is C=C1CCNC1=O. The van der Waals surface area contributed by atoms with Crippen LogP contribution in [0.15, 0.2) is 12.2 Å². The Morgan fingerprint density at radius 1 is 1.71 bits per heavy atom. The molecule has 1 fully saturated rings. The molecule has 1 amide bonds. The zero-order valence-electron chi connectivity index (χ0n) is 4.03. The average Bonchev–Trinajstić information content (AvgIpc) is 1.91. The Bertz CT molecular complexity index is 103. The Hall–Kier alpha value is -0.790. The molecule has 0 saturated carbocycles. The Balaban J connectivity index is 2.65. The minimum absolute atomic E-state index is 0.0139. The zero-order valence-corrected chi connectivity index (χ0v) is 4.03. The second kappa shape index (κ2) is 1.37. The quantitative estimate of drug-likeness (QED) is 0.425. The lowest BCUT2D eigenvalue weighted by molar-refractivity contribution is -0.116. The van der Waals surface area contributed by atoms with Gasteiger partial charge in [-0.2, -0.15) is 0 Å². The van der Waals surface area contributed by atoms with Crippen LogP contribution < -0.4 is 5.32 Å². The van der Waals surface area contributed by atoms with Gasteiger partial charge in [-0.1, -0.05) is 6.58 Å². The van der Waals surface area contributed by atoms with Crippen molar-refractivity contribution < 1.29 is 4.79 Å². The average molecular weight is 97.1 g/mol. The standard InChI is InChI=1S/C5H7NO/c1-4-2-3-6-5(4)7/h1-3H2,(H,6,7). The van der Waals surface area contributed by atoms with Crippen LogP contribution in [0, 0.1) is 0 Å². The highest BCUT2D eigenvalue weighted by atomic mass is 16.1. The minimum atomic E-state index is 0.0139. The van der Waals surface area contributed by atoms with Gasteiger partial charge in [0.1, 0.15) is 0 Å². The van der Waals surface area contributed by atoms with Crippen molar-refractivity contribution in [3.63, 3.8) is 0 Å². The molecule has 2 heteroatoms. The molecule has 0 aromatic rings. The minimum Gasteiger partial charge on any atom is -0.352 e. The number of carbonyl (C=O) groups is 1. The van der Waals surface area contributed by atoms with E-state index in [1.165, 1.54) is 0 Å². The predicted octanol–water partition coefficient (Wildman–Crippen LogP) is 0.0625. The van der Waals surface area contributed by atoms with E-state index in [-0.39, 0.29) is 5.91 Å². The van der Waals surface area contributed by atoms with E-state index in [4.69, 9.17) is 0 Å². The first-order valence-electron chi connectivity index (χ1n) is 2.26. The molecule has 1 aliphatic heterocycles. The number of carbonyl (C=O) groups excluding carboxylic acids is 1. The summed E-state index contributed by atoms with van der Waals surface area (Å²) in [4.78, 5) is 10.4. The van der Waals surface area contributed by atoms with Crippen LogP contribution in [-0.2, 0) is 4.79 Å². The molecule has 0 spiro atoms. The molecule has 0 aliphatic carbocycles. The summed E-state index contributed by atoms with van der Waals surface area (Å²) in [6.45, 7) is 4.30. The molecule has 38 valence electrons. The first-order chi connectivity index (χ1) is 3.30. The van der Waals surface area contributed by atoms with Crippen molar-refractivity contribution in [2.24, 2.45) is 0 Å². The van der Waals surface area contributed by atoms with E-state index in [0.29, 0.717) is 5.57 Å². The molecule has 0 aromatic carbocycles. The lowest BCUT2D eigenvalue weighted by Gasteiger charge is -1.82. The van der Waals surface area contributed by atoms with Crippen molar-refractivity contribution in [2.75, 3.05) is 6.54 Å². The molecule has 1 heterocycles. The number of rotatable bonds is 0. The molecule has 2 nitrogen and oxygen atoms in total. The molecule has 0 radical (unpaired) electrons. The van der Waals surface area contributed by atoms with E-state index < -0.39 is 0 Å². The third-order valence-corrected chi connectivity index (χ3v) is 1.03. The van der Waals surface area contributed by atoms with Gasteiger partial charge >= 0.3 is 0 Å². The van der Waals surface area contributed by atoms with Crippen molar-refractivity contribution in [3.8, 4) is 0 Å². The van der Waals surface area contributed by atoms with Gasteiger partial charge in [-0.05, 0) is 6.42 Å². The third kappa shape index (κ3) is 0.633. The zero-order chi connectivity index (χ0) is 5.28. The monoisotopic (exact) mass is 97.1 g/mol. The summed E-state index contributed by atoms with van der Waals surface area (Å²) in [7, 11) is 0. The van der Waals surface area contributed by atoms with Gasteiger partial charge in [-0.25, -0.2) is 0 Å². The highest BCUT2D eigenvalue weighted by Gasteiger charge is 2.11. The number of hydrogen-bond donors (Lipinski definition) is 1. The smallest absolute Gasteiger partial charge is 0.246 e. The Morgan fingerprint density at radius 3 is 2.57 bits per heavy atom. The maximum Gasteiger partial charge on any atom is 0.246 e. The van der Waals surface area contributed by atoms with E-state index in [9.17, 15) is 4.79 Å². The fraction of sp³-hybridized carbons (Fsp3) is 0.400. The first-order valence-corrected chi connectivity index (χ1v) is 2.26. The molecule has 1 saturated heterocycles. The molecule has 1 N–H and O–H groups in total. The molecule has 1 aliphatic rings. The summed E-state index contributed by atoms with van der Waals surface area (Å²) in [5.41, 5.74) is 0.708. The van der Waals surface area contributed by atoms with E-state index >= 15 is 0 Å². The molecule has 0 bridgehead atoms. The van der Waals surface area contributed by atoms with Crippen LogP contribution in [0.4, 0.5) is 0 Å². The van der Waals surface area contributed by atoms with Crippen molar-refractivity contribution in [2.45, 2.75) is 6.42 Å². The van der Waals surface area contributed by atoms with E-state index in [0.717, 1.165) is 13.0 Å². The summed E-state index contributed by atoms with van der Waals surface area (Å²) in [6, 6.07) is 0. The summed E-state index contributed by atoms with van der Waals surface area (Å²) in [5, 5.41) is 2.63. The number of nitrogens with one attached hydrogen (secondary N) is 1. The molecule has 0 atom stereocenters. The highest BCUT2D eigenvalue weighted by molar-refractivity contribution is 5.94. The summed E-state index contributed by atoms with van der Waals surface area (Å²) >= 11 is 0. The Kier molecular flexibility index (Phi) is 0.855. The van der Waals surface area contributed by atoms with E-state index in [2.05, 4.69) is 11.9 Å². The summed E-state index contributed by atoms with van der Waals surface area (Å²) < 4.78 is 0. The molecule has 0 aromatic heterocycles. The van der Waals surface area contributed by atoms with Crippen LogP contribution >= 0.6 is 0 Å². The van der Waals surface area contributed by atoms with E-state index in [1.54, 1.807) is 0 Å². The topological polar surface area (TPSA) is 29.1 Å². The van der Waals surface area contributed by atoms with Crippen LogP contribution in [0.2, 0.25) is 0 Å². The predicted molar refractivity (Wildman–Crippen MR) is 26.8 cm³/mol. The van der Waals surface area contributed by atoms with Crippen LogP contribution in [-0.4, -0.2) is 12.5 Å². The van der Waals surface area contributed by atoms with Gasteiger partial charge in [0.2, 0.25) is 5.91 Å². The second-order valence-electron chi connectivity index (χ2n) is 1.61. The van der Waals surface area contributed by atoms with Crippen LogP contribution in [0.3, 0.4) is 0 Å². The lowest BCUT2D eigenvalue weighted by Crippen LogP contribution is -2.13. The van der Waals surface area contributed by atoms with Crippen molar-refractivity contribution >= 4 is 5.91 Å². The van der Waals surface area contributed by atoms with E-state index in [1.807, 2.05) is 0 Å². The maximum absolute atomic E-state index is 10.4. The van der Waals surface area contributed by atoms with Gasteiger partial charge in [0.25, 0.3) is 0 Å². The number of amides is 1. The van der Waals surface area contributed by atoms with Gasteiger partial charge in [0, 0.05) is 12.1 Å². The second-order valence-corrected chi connectivity index (χ2v) is 1.61. The van der Waals surface area contributed by atoms with Crippen molar-refractivity contribution in [1.82, 2.24) is 5.32 Å². The van der Waals surface area contributed by atoms with Crippen LogP contribution in [0.25, 0.3) is 0 Å². The molecular weight excluding hydrogens is 90.1 g/mol. The lowest BCUT2D eigenvalue weighted by atomic mass is 10.3. The molecule has 0 unspecified atom stereocenters. The van der Waals surface area contributed by atoms with Crippen molar-refractivity contribution in [3.05, 3.63) is 12.2 Å². The maximum atomic E-state index is 10.4. The van der Waals surface area contributed by atoms with Crippen LogP contribution in [0.1, 0.15) is 6.42 Å². The molecule has 1 rings (SSSR count). The fourth-order valence-corrected chi connectivity index (χ4v) is 0.565. The van der Waals surface area contributed by atoms with Gasteiger partial charge in [-0.3, -0.25) is 4.79 Å². The van der Waals surface area contributed by atoms with Gasteiger partial charge in [-0.15, -0.1) is 0 Å². The Labute approximate surface area is 42.2 Å². The summed E-state index contributed by atoms with van der Waals surface area (Å²) in [5.74, 6) is 0.0139. The van der Waals surface area contributed by atoms with Gasteiger partial charge < -0.3 is 5.32 Å². The molecule has 7 heavy (non-hydrogen) atoms. The fourth-order valence-electron chi connectivity index (χ4n) is 0.565. The van der Waals surface area contributed by atoms with Crippen LogP contribution in [0.5, 0.6) is 0 Å². The molecular formula is C5H7NO. The highest BCUT2D eigenvalue weighted by Crippen LogP contribution is 2.01. The van der Waals surface area contributed by atoms with Gasteiger partial charge in [0.15, 0.2) is 0 Å². The van der Waals surface area contributed by atoms with Gasteiger partial charge in [0.05, 0.1) is 0 Å². The largest absolute Gasteiger partial charge is 0.352 e. The van der Waals surface area contributed by atoms with Crippen molar-refractivity contribution in [1.29, 1.82) is 0 Å².